The lowest BCUT2D eigenvalue weighted by Crippen LogP contribution is -2.17. The average molecular weight is 350 g/mol. The van der Waals surface area contributed by atoms with Gasteiger partial charge in [-0.25, -0.2) is 0 Å². The molecule has 1 rings (SSSR count). The maximum absolute atomic E-state index is 11.9. The minimum absolute atomic E-state index is 0.173. The summed E-state index contributed by atoms with van der Waals surface area (Å²) >= 11 is 0. The van der Waals surface area contributed by atoms with Gasteiger partial charge in [-0.05, 0) is 56.4 Å². The second kappa shape index (κ2) is 12.9. The van der Waals surface area contributed by atoms with Crippen molar-refractivity contribution in [3.05, 3.63) is 24.3 Å². The average Bonchev–Trinajstić information content (AvgIpc) is 2.96. The third-order valence-corrected chi connectivity index (χ3v) is 4.95. The highest BCUT2D eigenvalue weighted by Gasteiger charge is 2.32. The quantitative estimate of drug-likeness (QED) is 0.246. The zero-order chi connectivity index (χ0) is 18.5. The molecule has 1 fully saturated rings. The smallest absolute Gasteiger partial charge is 0.305 e. The van der Waals surface area contributed by atoms with E-state index in [2.05, 4.69) is 23.8 Å². The van der Waals surface area contributed by atoms with Crippen molar-refractivity contribution >= 4 is 11.8 Å². The molecule has 0 bridgehead atoms. The van der Waals surface area contributed by atoms with Crippen molar-refractivity contribution in [1.29, 1.82) is 0 Å². The molecular formula is C21H34O4. The molecule has 3 atom stereocenters. The van der Waals surface area contributed by atoms with Gasteiger partial charge in [0.25, 0.3) is 0 Å². The fraction of sp³-hybridized carbons (Fsp3) is 0.714. The van der Waals surface area contributed by atoms with Gasteiger partial charge in [0, 0.05) is 12.8 Å². The summed E-state index contributed by atoms with van der Waals surface area (Å²) in [4.78, 5) is 22.9. The van der Waals surface area contributed by atoms with Gasteiger partial charge in [0.05, 0.1) is 13.2 Å². The lowest BCUT2D eigenvalue weighted by atomic mass is 9.90. The number of carbonyl (C=O) groups excluding carboxylic acids is 2. The molecule has 1 saturated carbocycles. The summed E-state index contributed by atoms with van der Waals surface area (Å²) in [6, 6.07) is 0. The number of ether oxygens (including phenoxy) is 1. The van der Waals surface area contributed by atoms with Crippen LogP contribution in [-0.2, 0) is 14.3 Å². The Morgan fingerprint density at radius 3 is 2.64 bits per heavy atom. The summed E-state index contributed by atoms with van der Waals surface area (Å²) in [7, 11) is 1.40. The topological polar surface area (TPSA) is 63.6 Å². The zero-order valence-electron chi connectivity index (χ0n) is 15.8. The Morgan fingerprint density at radius 1 is 1.12 bits per heavy atom. The molecule has 0 saturated heterocycles. The largest absolute Gasteiger partial charge is 0.469 e. The number of rotatable bonds is 12. The molecule has 0 spiro atoms. The lowest BCUT2D eigenvalue weighted by Gasteiger charge is -2.17. The van der Waals surface area contributed by atoms with Crippen LogP contribution in [0.1, 0.15) is 71.1 Å². The molecule has 1 aliphatic rings. The van der Waals surface area contributed by atoms with Gasteiger partial charge in [0.2, 0.25) is 0 Å². The molecule has 0 heterocycles. The minimum atomic E-state index is -0.287. The Balaban J connectivity index is 2.35. The van der Waals surface area contributed by atoms with Crippen molar-refractivity contribution in [1.82, 2.24) is 0 Å². The first-order valence-electron chi connectivity index (χ1n) is 9.69. The summed E-state index contributed by atoms with van der Waals surface area (Å²) in [6.07, 6.45) is 16.1. The van der Waals surface area contributed by atoms with E-state index in [0.29, 0.717) is 12.8 Å². The van der Waals surface area contributed by atoms with Crippen molar-refractivity contribution < 1.29 is 19.4 Å². The van der Waals surface area contributed by atoms with Crippen LogP contribution in [0.4, 0.5) is 0 Å². The molecule has 0 aromatic carbocycles. The molecule has 0 radical (unpaired) electrons. The van der Waals surface area contributed by atoms with Gasteiger partial charge in [-0.1, -0.05) is 38.0 Å². The Hall–Kier alpha value is -1.42. The van der Waals surface area contributed by atoms with E-state index < -0.39 is 0 Å². The van der Waals surface area contributed by atoms with Crippen LogP contribution in [-0.4, -0.2) is 30.1 Å². The summed E-state index contributed by atoms with van der Waals surface area (Å²) in [5, 5.41) is 10.2. The van der Waals surface area contributed by atoms with E-state index in [1.54, 1.807) is 6.08 Å². The maximum Gasteiger partial charge on any atom is 0.305 e. The van der Waals surface area contributed by atoms with Crippen LogP contribution in [0.5, 0.6) is 0 Å². The number of ketones is 1. The normalized spacial score (nSPS) is 23.6. The summed E-state index contributed by atoms with van der Waals surface area (Å²) in [6.45, 7) is 2.13. The standard InChI is InChI=1S/C21H34O4/c1-3-4-7-10-18(22)15-13-17-14-16-20(23)19(17)11-8-5-6-9-12-21(24)25-2/h5,8,13,15,17,19-20,23H,3-4,6-7,9-12,14,16H2,1-2H3/b8-5+,15-13+. The molecule has 1 aliphatic carbocycles. The predicted octanol–water partition coefficient (Wildman–Crippen LogP) is 4.37. The van der Waals surface area contributed by atoms with E-state index in [4.69, 9.17) is 0 Å². The highest BCUT2D eigenvalue weighted by atomic mass is 16.5. The molecule has 25 heavy (non-hydrogen) atoms. The van der Waals surface area contributed by atoms with Crippen molar-refractivity contribution in [2.75, 3.05) is 7.11 Å². The van der Waals surface area contributed by atoms with Crippen molar-refractivity contribution in [3.8, 4) is 0 Å². The number of hydrogen-bond donors (Lipinski definition) is 1. The third kappa shape index (κ3) is 9.01. The number of aliphatic hydroxyl groups is 1. The van der Waals surface area contributed by atoms with Crippen LogP contribution >= 0.6 is 0 Å². The van der Waals surface area contributed by atoms with E-state index in [0.717, 1.165) is 51.4 Å². The van der Waals surface area contributed by atoms with Crippen LogP contribution in [0.3, 0.4) is 0 Å². The Kier molecular flexibility index (Phi) is 11.1. The second-order valence-corrected chi connectivity index (χ2v) is 6.93. The molecule has 4 nitrogen and oxygen atoms in total. The van der Waals surface area contributed by atoms with Gasteiger partial charge in [0.15, 0.2) is 5.78 Å². The highest BCUT2D eigenvalue weighted by Crippen LogP contribution is 2.35. The van der Waals surface area contributed by atoms with Crippen LogP contribution in [0, 0.1) is 11.8 Å². The summed E-state index contributed by atoms with van der Waals surface area (Å²) in [5.41, 5.74) is 0. The number of carbonyl (C=O) groups is 2. The number of methoxy groups -OCH3 is 1. The molecule has 142 valence electrons. The van der Waals surface area contributed by atoms with E-state index in [1.807, 2.05) is 6.08 Å². The molecule has 1 N–H and O–H groups in total. The van der Waals surface area contributed by atoms with E-state index in [9.17, 15) is 14.7 Å². The fourth-order valence-electron chi connectivity index (χ4n) is 3.35. The highest BCUT2D eigenvalue weighted by molar-refractivity contribution is 5.89. The monoisotopic (exact) mass is 350 g/mol. The number of hydrogen-bond acceptors (Lipinski definition) is 4. The SMILES string of the molecule is CCCCCC(=O)/C=C/C1CCC(O)C1C/C=C/CCCC(=O)OC. The Labute approximate surface area is 152 Å². The number of allylic oxidation sites excluding steroid dienone is 4. The summed E-state index contributed by atoms with van der Waals surface area (Å²) < 4.78 is 4.61. The van der Waals surface area contributed by atoms with Crippen molar-refractivity contribution in [3.63, 3.8) is 0 Å². The maximum atomic E-state index is 11.9. The molecule has 0 aliphatic heterocycles. The fourth-order valence-corrected chi connectivity index (χ4v) is 3.35. The first-order valence-corrected chi connectivity index (χ1v) is 9.69. The first-order chi connectivity index (χ1) is 12.1. The van der Waals surface area contributed by atoms with Gasteiger partial charge in [-0.15, -0.1) is 0 Å². The van der Waals surface area contributed by atoms with Crippen LogP contribution < -0.4 is 0 Å². The predicted molar refractivity (Wildman–Crippen MR) is 100 cm³/mol. The minimum Gasteiger partial charge on any atom is -0.469 e. The van der Waals surface area contributed by atoms with Crippen LogP contribution in [0.25, 0.3) is 0 Å². The Morgan fingerprint density at radius 2 is 1.92 bits per heavy atom. The first kappa shape index (κ1) is 21.6. The van der Waals surface area contributed by atoms with E-state index in [1.165, 1.54) is 7.11 Å². The van der Waals surface area contributed by atoms with Crippen molar-refractivity contribution in [2.45, 2.75) is 77.2 Å². The molecule has 0 aromatic heterocycles. The molecule has 3 unspecified atom stereocenters. The number of unbranched alkanes of at least 4 members (excludes halogenated alkanes) is 3. The number of esters is 1. The van der Waals surface area contributed by atoms with Gasteiger partial charge >= 0.3 is 5.97 Å². The van der Waals surface area contributed by atoms with Gasteiger partial charge in [0.1, 0.15) is 0 Å². The zero-order valence-corrected chi connectivity index (χ0v) is 15.8. The molecule has 0 aromatic rings. The Bertz CT molecular complexity index is 453. The second-order valence-electron chi connectivity index (χ2n) is 6.93. The van der Waals surface area contributed by atoms with Crippen molar-refractivity contribution in [2.24, 2.45) is 11.8 Å². The molecule has 0 amide bonds. The van der Waals surface area contributed by atoms with Gasteiger partial charge < -0.3 is 9.84 Å². The van der Waals surface area contributed by atoms with Gasteiger partial charge in [-0.3, -0.25) is 9.59 Å². The lowest BCUT2D eigenvalue weighted by molar-refractivity contribution is -0.140. The molecule has 4 heteroatoms. The van der Waals surface area contributed by atoms with Crippen LogP contribution in [0.2, 0.25) is 0 Å². The number of aliphatic hydroxyl groups excluding tert-OH is 1. The van der Waals surface area contributed by atoms with Gasteiger partial charge in [-0.2, -0.15) is 0 Å². The third-order valence-electron chi connectivity index (χ3n) is 4.95. The van der Waals surface area contributed by atoms with Crippen LogP contribution in [0.15, 0.2) is 24.3 Å². The summed E-state index contributed by atoms with van der Waals surface area (Å²) in [5.74, 6) is 0.502. The van der Waals surface area contributed by atoms with E-state index in [-0.39, 0.29) is 29.7 Å². The van der Waals surface area contributed by atoms with E-state index >= 15 is 0 Å². The molecular weight excluding hydrogens is 316 g/mol.